The van der Waals surface area contributed by atoms with E-state index in [1.165, 1.54) is 12.1 Å². The van der Waals surface area contributed by atoms with E-state index in [1.54, 1.807) is 12.1 Å². The summed E-state index contributed by atoms with van der Waals surface area (Å²) in [7, 11) is 0. The third-order valence-corrected chi connectivity index (χ3v) is 4.47. The third-order valence-electron chi connectivity index (χ3n) is 4.47. The number of nitrogens with zero attached hydrogens (tertiary/aromatic N) is 2. The molecule has 0 radical (unpaired) electrons. The van der Waals surface area contributed by atoms with Crippen molar-refractivity contribution in [3.05, 3.63) is 65.5 Å². The number of benzene rings is 2. The van der Waals surface area contributed by atoms with E-state index >= 15 is 0 Å². The molecule has 0 unspecified atom stereocenters. The van der Waals surface area contributed by atoms with Crippen LogP contribution in [0.3, 0.4) is 0 Å². The van der Waals surface area contributed by atoms with Crippen LogP contribution >= 0.6 is 0 Å². The van der Waals surface area contributed by atoms with E-state index < -0.39 is 23.1 Å². The highest BCUT2D eigenvalue weighted by Crippen LogP contribution is 2.20. The number of hydrogen-bond acceptors (Lipinski definition) is 3. The van der Waals surface area contributed by atoms with Crippen molar-refractivity contribution in [3.63, 3.8) is 0 Å². The standard InChI is InChI=1S/C19H20F3N3O/c20-14-4-1-2-7-17(14)25-12-10-24(11-13-25)9-8-23-19(26)18-15(21)5-3-6-16(18)22/h1-7H,8-13H2,(H,23,26). The van der Waals surface area contributed by atoms with Crippen molar-refractivity contribution in [1.82, 2.24) is 10.2 Å². The van der Waals surface area contributed by atoms with Gasteiger partial charge < -0.3 is 10.2 Å². The van der Waals surface area contributed by atoms with Gasteiger partial charge in [0.25, 0.3) is 5.91 Å². The van der Waals surface area contributed by atoms with Gasteiger partial charge in [-0.25, -0.2) is 13.2 Å². The van der Waals surface area contributed by atoms with Crippen LogP contribution in [0.25, 0.3) is 0 Å². The van der Waals surface area contributed by atoms with Crippen LogP contribution in [0.1, 0.15) is 10.4 Å². The van der Waals surface area contributed by atoms with Crippen LogP contribution in [0.2, 0.25) is 0 Å². The Morgan fingerprint density at radius 1 is 0.885 bits per heavy atom. The molecule has 7 heteroatoms. The Balaban J connectivity index is 1.46. The van der Waals surface area contributed by atoms with Crippen molar-refractivity contribution in [3.8, 4) is 0 Å². The van der Waals surface area contributed by atoms with Crippen molar-refractivity contribution in [2.75, 3.05) is 44.2 Å². The summed E-state index contributed by atoms with van der Waals surface area (Å²) in [5.41, 5.74) is 0.0346. The van der Waals surface area contributed by atoms with Crippen LogP contribution in [-0.2, 0) is 0 Å². The van der Waals surface area contributed by atoms with Crippen LogP contribution in [0.4, 0.5) is 18.9 Å². The normalized spacial score (nSPS) is 15.1. The fraction of sp³-hybridized carbons (Fsp3) is 0.316. The maximum Gasteiger partial charge on any atom is 0.257 e. The van der Waals surface area contributed by atoms with E-state index in [-0.39, 0.29) is 12.4 Å². The summed E-state index contributed by atoms with van der Waals surface area (Å²) in [4.78, 5) is 16.0. The number of carbonyl (C=O) groups is 1. The second-order valence-electron chi connectivity index (χ2n) is 6.13. The number of carbonyl (C=O) groups excluding carboxylic acids is 1. The summed E-state index contributed by atoms with van der Waals surface area (Å²) in [6.07, 6.45) is 0. The van der Waals surface area contributed by atoms with E-state index in [9.17, 15) is 18.0 Å². The smallest absolute Gasteiger partial charge is 0.257 e. The molecule has 1 fully saturated rings. The monoisotopic (exact) mass is 363 g/mol. The first-order chi connectivity index (χ1) is 12.6. The quantitative estimate of drug-likeness (QED) is 0.887. The van der Waals surface area contributed by atoms with Gasteiger partial charge in [-0.05, 0) is 24.3 Å². The predicted molar refractivity (Wildman–Crippen MR) is 93.7 cm³/mol. The van der Waals surface area contributed by atoms with Crippen LogP contribution in [0, 0.1) is 17.5 Å². The second kappa shape index (κ2) is 8.23. The summed E-state index contributed by atoms with van der Waals surface area (Å²) in [5.74, 6) is -2.74. The number of para-hydroxylation sites is 1. The molecule has 2 aromatic rings. The SMILES string of the molecule is O=C(NCCN1CCN(c2ccccc2F)CC1)c1c(F)cccc1F. The highest BCUT2D eigenvalue weighted by Gasteiger charge is 2.20. The molecule has 1 heterocycles. The molecule has 1 aliphatic heterocycles. The van der Waals surface area contributed by atoms with Gasteiger partial charge in [0, 0.05) is 39.3 Å². The van der Waals surface area contributed by atoms with Gasteiger partial charge in [-0.15, -0.1) is 0 Å². The molecule has 3 rings (SSSR count). The van der Waals surface area contributed by atoms with Gasteiger partial charge >= 0.3 is 0 Å². The third kappa shape index (κ3) is 4.16. The van der Waals surface area contributed by atoms with Gasteiger partial charge in [0.05, 0.1) is 5.69 Å². The molecule has 0 spiro atoms. The molecule has 1 amide bonds. The highest BCUT2D eigenvalue weighted by molar-refractivity contribution is 5.94. The van der Waals surface area contributed by atoms with Gasteiger partial charge in [0.2, 0.25) is 0 Å². The average Bonchev–Trinajstić information content (AvgIpc) is 2.63. The van der Waals surface area contributed by atoms with Crippen molar-refractivity contribution < 1.29 is 18.0 Å². The topological polar surface area (TPSA) is 35.6 Å². The first-order valence-corrected chi connectivity index (χ1v) is 8.50. The molecular weight excluding hydrogens is 343 g/mol. The molecule has 0 bridgehead atoms. The molecular formula is C19H20F3N3O. The molecule has 0 aromatic heterocycles. The first kappa shape index (κ1) is 18.3. The van der Waals surface area contributed by atoms with Crippen LogP contribution < -0.4 is 10.2 Å². The Hall–Kier alpha value is -2.54. The van der Waals surface area contributed by atoms with Gasteiger partial charge in [0.1, 0.15) is 23.0 Å². The first-order valence-electron chi connectivity index (χ1n) is 8.50. The molecule has 1 N–H and O–H groups in total. The number of nitrogens with one attached hydrogen (secondary N) is 1. The number of hydrogen-bond donors (Lipinski definition) is 1. The molecule has 0 atom stereocenters. The minimum atomic E-state index is -0.874. The van der Waals surface area contributed by atoms with Gasteiger partial charge in [-0.3, -0.25) is 9.69 Å². The van der Waals surface area contributed by atoms with Crippen molar-refractivity contribution in [2.45, 2.75) is 0 Å². The minimum Gasteiger partial charge on any atom is -0.367 e. The van der Waals surface area contributed by atoms with Crippen molar-refractivity contribution in [2.24, 2.45) is 0 Å². The highest BCUT2D eigenvalue weighted by atomic mass is 19.1. The largest absolute Gasteiger partial charge is 0.367 e. The van der Waals surface area contributed by atoms with Crippen molar-refractivity contribution >= 4 is 11.6 Å². The Morgan fingerprint density at radius 3 is 2.15 bits per heavy atom. The molecule has 1 aliphatic rings. The zero-order valence-electron chi connectivity index (χ0n) is 14.2. The average molecular weight is 363 g/mol. The van der Waals surface area contributed by atoms with E-state index in [0.29, 0.717) is 25.3 Å². The fourth-order valence-electron chi connectivity index (χ4n) is 3.05. The lowest BCUT2D eigenvalue weighted by atomic mass is 10.2. The Bertz CT molecular complexity index is 756. The summed E-state index contributed by atoms with van der Waals surface area (Å²) >= 11 is 0. The van der Waals surface area contributed by atoms with Gasteiger partial charge in [0.15, 0.2) is 0 Å². The molecule has 4 nitrogen and oxygen atoms in total. The van der Waals surface area contributed by atoms with Crippen LogP contribution in [0.5, 0.6) is 0 Å². The Kier molecular flexibility index (Phi) is 5.78. The lowest BCUT2D eigenvalue weighted by Gasteiger charge is -2.36. The zero-order valence-corrected chi connectivity index (χ0v) is 14.2. The van der Waals surface area contributed by atoms with Crippen molar-refractivity contribution in [1.29, 1.82) is 0 Å². The lowest BCUT2D eigenvalue weighted by Crippen LogP contribution is -2.48. The predicted octanol–water partition coefficient (Wildman–Crippen LogP) is 2.66. The van der Waals surface area contributed by atoms with E-state index in [1.807, 2.05) is 11.0 Å². The maximum atomic E-state index is 13.8. The molecule has 0 saturated carbocycles. The van der Waals surface area contributed by atoms with Gasteiger partial charge in [-0.2, -0.15) is 0 Å². The van der Waals surface area contributed by atoms with Crippen LogP contribution in [-0.4, -0.2) is 50.1 Å². The maximum absolute atomic E-state index is 13.8. The second-order valence-corrected chi connectivity index (χ2v) is 6.13. The summed E-state index contributed by atoms with van der Waals surface area (Å²) in [6.45, 7) is 3.64. The number of halogens is 3. The van der Waals surface area contributed by atoms with Gasteiger partial charge in [-0.1, -0.05) is 18.2 Å². The molecule has 2 aromatic carbocycles. The Labute approximate surface area is 150 Å². The summed E-state index contributed by atoms with van der Waals surface area (Å²) < 4.78 is 41.0. The Morgan fingerprint density at radius 2 is 1.50 bits per heavy atom. The summed E-state index contributed by atoms with van der Waals surface area (Å²) in [6, 6.07) is 10.0. The van der Waals surface area contributed by atoms with E-state index in [0.717, 1.165) is 25.2 Å². The molecule has 1 saturated heterocycles. The number of amides is 1. The number of piperazine rings is 1. The zero-order chi connectivity index (χ0) is 18.5. The lowest BCUT2D eigenvalue weighted by molar-refractivity contribution is 0.0939. The minimum absolute atomic E-state index is 0.236. The van der Waals surface area contributed by atoms with E-state index in [4.69, 9.17) is 0 Å². The molecule has 138 valence electrons. The van der Waals surface area contributed by atoms with E-state index in [2.05, 4.69) is 10.2 Å². The van der Waals surface area contributed by atoms with Crippen LogP contribution in [0.15, 0.2) is 42.5 Å². The molecule has 0 aliphatic carbocycles. The number of rotatable bonds is 5. The summed E-state index contributed by atoms with van der Waals surface area (Å²) in [5, 5.41) is 2.55. The molecule has 26 heavy (non-hydrogen) atoms. The number of anilines is 1. The fourth-order valence-corrected chi connectivity index (χ4v) is 3.05.